The van der Waals surface area contributed by atoms with Gasteiger partial charge in [0.1, 0.15) is 0 Å². The third-order valence-electron chi connectivity index (χ3n) is 7.01. The maximum absolute atomic E-state index is 2.60. The minimum atomic E-state index is -2.60. The molecule has 0 amide bonds. The van der Waals surface area contributed by atoms with Gasteiger partial charge in [0.25, 0.3) is 0 Å². The average molecular weight is 545 g/mol. The van der Waals surface area contributed by atoms with Gasteiger partial charge < -0.3 is 0 Å². The van der Waals surface area contributed by atoms with Crippen LogP contribution < -0.4 is 3.58 Å². The van der Waals surface area contributed by atoms with Crippen molar-refractivity contribution in [3.05, 3.63) is 102 Å². The molecule has 0 radical (unpaired) electrons. The van der Waals surface area contributed by atoms with E-state index < -0.39 is 18.4 Å². The molecule has 0 aliphatic heterocycles. The van der Waals surface area contributed by atoms with Gasteiger partial charge >= 0.3 is 208 Å². The van der Waals surface area contributed by atoms with E-state index in [-0.39, 0.29) is 0 Å². The van der Waals surface area contributed by atoms with Crippen LogP contribution in [0.1, 0.15) is 76.0 Å². The zero-order valence-corrected chi connectivity index (χ0v) is 23.9. The molecule has 0 nitrogen and oxygen atoms in total. The molecule has 0 atom stereocenters. The Labute approximate surface area is 207 Å². The molecule has 1 heteroatoms. The first kappa shape index (κ1) is 25.8. The predicted octanol–water partition coefficient (Wildman–Crippen LogP) is 9.33. The molecule has 0 aliphatic carbocycles. The SMILES string of the molecule is CCC[CH2][Sn]([CH2]CCC)([CH2]CCC)[c]1ccccc1/C(=C/c1ccccc1)c1ccccc1. The Bertz CT molecular complexity index is 950. The molecule has 3 rings (SSSR count). The van der Waals surface area contributed by atoms with Gasteiger partial charge in [-0.3, -0.25) is 0 Å². The van der Waals surface area contributed by atoms with Gasteiger partial charge in [-0.2, -0.15) is 0 Å². The summed E-state index contributed by atoms with van der Waals surface area (Å²) < 4.78 is 6.26. The van der Waals surface area contributed by atoms with E-state index in [9.17, 15) is 0 Å². The molecular weight excluding hydrogens is 503 g/mol. The first-order valence-corrected chi connectivity index (χ1v) is 20.6. The van der Waals surface area contributed by atoms with Gasteiger partial charge in [-0.05, 0) is 0 Å². The summed E-state index contributed by atoms with van der Waals surface area (Å²) in [6, 6.07) is 31.5. The Morgan fingerprint density at radius 3 is 1.64 bits per heavy atom. The van der Waals surface area contributed by atoms with E-state index >= 15 is 0 Å². The van der Waals surface area contributed by atoms with Crippen molar-refractivity contribution in [3.8, 4) is 0 Å². The van der Waals surface area contributed by atoms with Crippen molar-refractivity contribution in [1.82, 2.24) is 0 Å². The number of benzene rings is 3. The van der Waals surface area contributed by atoms with Gasteiger partial charge in [0.05, 0.1) is 0 Å². The number of rotatable bonds is 13. The maximum atomic E-state index is 2.54. The Morgan fingerprint density at radius 1 is 0.606 bits per heavy atom. The third-order valence-corrected chi connectivity index (χ3v) is 22.7. The van der Waals surface area contributed by atoms with Crippen LogP contribution in [-0.4, -0.2) is 18.4 Å². The van der Waals surface area contributed by atoms with Crippen LogP contribution in [0.4, 0.5) is 0 Å². The second-order valence-corrected chi connectivity index (χ2v) is 22.6. The molecule has 0 spiro atoms. The normalized spacial score (nSPS) is 12.2. The molecule has 0 heterocycles. The van der Waals surface area contributed by atoms with Crippen LogP contribution in [-0.2, 0) is 0 Å². The molecule has 0 unspecified atom stereocenters. The fraction of sp³-hybridized carbons (Fsp3) is 0.375. The van der Waals surface area contributed by atoms with Gasteiger partial charge in [0.15, 0.2) is 0 Å². The quantitative estimate of drug-likeness (QED) is 0.148. The first-order chi connectivity index (χ1) is 16.2. The van der Waals surface area contributed by atoms with Crippen molar-refractivity contribution in [1.29, 1.82) is 0 Å². The standard InChI is InChI=1S/C20H15.3C4H9.Sn/c1-4-10-17(11-5-1)16-20(18-12-6-2-7-13-18)19-14-8-3-9-15-19;3*1-3-4-2;/h1-14,16H;3*1,3-4H2,2H3;/b20-16+;;;;. The van der Waals surface area contributed by atoms with Crippen LogP contribution in [0.3, 0.4) is 0 Å². The van der Waals surface area contributed by atoms with Crippen molar-refractivity contribution in [3.63, 3.8) is 0 Å². The van der Waals surface area contributed by atoms with Gasteiger partial charge in [0.2, 0.25) is 0 Å². The molecule has 0 fully saturated rings. The molecule has 0 aliphatic rings. The molecule has 33 heavy (non-hydrogen) atoms. The summed E-state index contributed by atoms with van der Waals surface area (Å²) in [5, 5.41) is 0. The van der Waals surface area contributed by atoms with Crippen LogP contribution in [0.5, 0.6) is 0 Å². The second kappa shape index (κ2) is 13.8. The number of hydrogen-bond donors (Lipinski definition) is 0. The molecule has 174 valence electrons. The minimum absolute atomic E-state index is 1.28. The second-order valence-electron chi connectivity index (χ2n) is 9.47. The predicted molar refractivity (Wildman–Crippen MR) is 151 cm³/mol. The van der Waals surface area contributed by atoms with Crippen molar-refractivity contribution in [2.75, 3.05) is 0 Å². The van der Waals surface area contributed by atoms with Gasteiger partial charge in [-0.25, -0.2) is 0 Å². The Kier molecular flexibility index (Phi) is 10.8. The molecule has 0 aromatic heterocycles. The molecule has 3 aromatic rings. The van der Waals surface area contributed by atoms with Crippen molar-refractivity contribution >= 4 is 33.6 Å². The van der Waals surface area contributed by atoms with Crippen molar-refractivity contribution in [2.24, 2.45) is 0 Å². The third kappa shape index (κ3) is 7.09. The zero-order valence-electron chi connectivity index (χ0n) is 21.0. The van der Waals surface area contributed by atoms with Crippen LogP contribution in [0.15, 0.2) is 84.9 Å². The number of unbranched alkanes of at least 4 members (excludes halogenated alkanes) is 3. The van der Waals surface area contributed by atoms with Crippen molar-refractivity contribution < 1.29 is 0 Å². The molecular formula is C32H42Sn. The molecule has 0 N–H and O–H groups in total. The summed E-state index contributed by atoms with van der Waals surface area (Å²) in [7, 11) is 0. The molecule has 0 saturated carbocycles. The first-order valence-electron chi connectivity index (χ1n) is 13.2. The monoisotopic (exact) mass is 546 g/mol. The molecule has 0 saturated heterocycles. The van der Waals surface area contributed by atoms with E-state index in [1.165, 1.54) is 74.1 Å². The van der Waals surface area contributed by atoms with E-state index in [1.807, 2.05) is 0 Å². The number of hydrogen-bond acceptors (Lipinski definition) is 0. The summed E-state index contributed by atoms with van der Waals surface area (Å²) >= 11 is -2.60. The fourth-order valence-corrected chi connectivity index (χ4v) is 22.0. The molecule has 3 aromatic carbocycles. The van der Waals surface area contributed by atoms with Crippen LogP contribution in [0.2, 0.25) is 13.3 Å². The summed E-state index contributed by atoms with van der Waals surface area (Å²) in [6.45, 7) is 7.10. The van der Waals surface area contributed by atoms with Crippen molar-refractivity contribution in [2.45, 2.75) is 72.6 Å². The summed E-state index contributed by atoms with van der Waals surface area (Å²) in [6.07, 6.45) is 10.5. The topological polar surface area (TPSA) is 0 Å². The fourth-order valence-electron chi connectivity index (χ4n) is 5.16. The van der Waals surface area contributed by atoms with E-state index in [4.69, 9.17) is 0 Å². The van der Waals surface area contributed by atoms with E-state index in [1.54, 1.807) is 3.58 Å². The zero-order chi connectivity index (χ0) is 23.4. The van der Waals surface area contributed by atoms with Gasteiger partial charge in [-0.1, -0.05) is 0 Å². The van der Waals surface area contributed by atoms with Gasteiger partial charge in [-0.15, -0.1) is 0 Å². The van der Waals surface area contributed by atoms with Crippen LogP contribution >= 0.6 is 0 Å². The van der Waals surface area contributed by atoms with E-state index in [0.717, 1.165) is 0 Å². The van der Waals surface area contributed by atoms with E-state index in [2.05, 4.69) is 112 Å². The molecule has 0 bridgehead atoms. The van der Waals surface area contributed by atoms with Gasteiger partial charge in [0, 0.05) is 0 Å². The van der Waals surface area contributed by atoms with E-state index in [0.29, 0.717) is 0 Å². The summed E-state index contributed by atoms with van der Waals surface area (Å²) in [5.74, 6) is 0. The van der Waals surface area contributed by atoms with Crippen LogP contribution in [0, 0.1) is 0 Å². The summed E-state index contributed by atoms with van der Waals surface area (Å²) in [5.41, 5.74) is 5.51. The Morgan fingerprint density at radius 2 is 1.09 bits per heavy atom. The Hall–Kier alpha value is -1.80. The summed E-state index contributed by atoms with van der Waals surface area (Å²) in [4.78, 5) is 0. The Balaban J connectivity index is 2.21. The van der Waals surface area contributed by atoms with Crippen LogP contribution in [0.25, 0.3) is 11.6 Å². The average Bonchev–Trinajstić information content (AvgIpc) is 2.88.